The van der Waals surface area contributed by atoms with Crippen molar-refractivity contribution in [2.45, 2.75) is 93.8 Å². The van der Waals surface area contributed by atoms with Gasteiger partial charge in [-0.05, 0) is 76.3 Å². The summed E-state index contributed by atoms with van der Waals surface area (Å²) in [5.41, 5.74) is 1.58. The summed E-state index contributed by atoms with van der Waals surface area (Å²) in [6.45, 7) is 6.88. The molecular weight excluding hydrogens is 533 g/mol. The predicted molar refractivity (Wildman–Crippen MR) is 148 cm³/mol. The summed E-state index contributed by atoms with van der Waals surface area (Å²) in [6.07, 6.45) is 5.23. The van der Waals surface area contributed by atoms with Crippen molar-refractivity contribution in [3.63, 3.8) is 0 Å². The van der Waals surface area contributed by atoms with Crippen molar-refractivity contribution in [3.8, 4) is 6.07 Å². The van der Waals surface area contributed by atoms with E-state index in [2.05, 4.69) is 21.6 Å². The molecule has 0 amide bonds. The second kappa shape index (κ2) is 9.55. The van der Waals surface area contributed by atoms with E-state index in [9.17, 15) is 23.2 Å². The summed E-state index contributed by atoms with van der Waals surface area (Å²) in [6, 6.07) is 7.83. The first-order valence-corrected chi connectivity index (χ1v) is 15.3. The number of aliphatic hydroxyl groups excluding tert-OH is 1. The van der Waals surface area contributed by atoms with Crippen LogP contribution in [0.4, 0.5) is 15.9 Å². The summed E-state index contributed by atoms with van der Waals surface area (Å²) in [4.78, 5) is 2.49. The molecule has 12 heteroatoms. The highest BCUT2D eigenvalue weighted by atomic mass is 32.2. The molecule has 214 valence electrons. The number of likely N-dealkylation sites (tertiary alicyclic amines) is 1. The standard InChI is InChI=1S/C28H36FN7O3S/c1-27(2,3)35-15-18-14-20(4-5-23(18)40(35,38)39)32-25-24-22(8-13-31-26(24)37)36(33-25)28(11-12-30)9-6-21(7-10-28)34-16-19(29)17-34/h4-5,8,13-14,19,21,26,31,37H,6-7,9-11,15-17H2,1-3H3,(H,32,33). The SMILES string of the molecule is CC(C)(C)N1Cc2cc(Nc3nn(C4(CC#N)CCC(N5CC(F)C5)CC4)c4c3C(O)NC=C4)ccc2S1(=O)=O. The van der Waals surface area contributed by atoms with Crippen molar-refractivity contribution in [2.24, 2.45) is 0 Å². The molecule has 3 N–H and O–H groups in total. The van der Waals surface area contributed by atoms with E-state index in [1.807, 2.05) is 37.6 Å². The zero-order valence-electron chi connectivity index (χ0n) is 23.1. The van der Waals surface area contributed by atoms with Crippen molar-refractivity contribution >= 4 is 27.6 Å². The van der Waals surface area contributed by atoms with Crippen LogP contribution >= 0.6 is 0 Å². The molecule has 0 radical (unpaired) electrons. The second-order valence-electron chi connectivity index (χ2n) is 12.4. The lowest BCUT2D eigenvalue weighted by atomic mass is 9.76. The van der Waals surface area contributed by atoms with E-state index in [-0.39, 0.29) is 13.0 Å². The second-order valence-corrected chi connectivity index (χ2v) is 14.3. The molecule has 4 heterocycles. The number of nitrogens with one attached hydrogen (secondary N) is 2. The molecule has 1 aromatic heterocycles. The summed E-state index contributed by atoms with van der Waals surface area (Å²) in [5.74, 6) is 0.454. The highest BCUT2D eigenvalue weighted by Gasteiger charge is 2.44. The Bertz CT molecular complexity index is 1490. The predicted octanol–water partition coefficient (Wildman–Crippen LogP) is 3.70. The van der Waals surface area contributed by atoms with Crippen LogP contribution in [0.3, 0.4) is 0 Å². The fourth-order valence-electron chi connectivity index (χ4n) is 6.62. The van der Waals surface area contributed by atoms with Crippen molar-refractivity contribution in [3.05, 3.63) is 41.2 Å². The lowest BCUT2D eigenvalue weighted by Gasteiger charge is -2.47. The maximum absolute atomic E-state index is 13.5. The van der Waals surface area contributed by atoms with Gasteiger partial charge in [-0.2, -0.15) is 14.7 Å². The van der Waals surface area contributed by atoms with Gasteiger partial charge in [-0.1, -0.05) is 0 Å². The van der Waals surface area contributed by atoms with E-state index < -0.39 is 33.5 Å². The number of nitriles is 1. The number of hydrogen-bond donors (Lipinski definition) is 3. The lowest BCUT2D eigenvalue weighted by molar-refractivity contribution is -0.00410. The smallest absolute Gasteiger partial charge is 0.244 e. The van der Waals surface area contributed by atoms with Crippen LogP contribution in [0.1, 0.15) is 75.9 Å². The molecule has 1 aromatic carbocycles. The van der Waals surface area contributed by atoms with Crippen LogP contribution < -0.4 is 10.6 Å². The van der Waals surface area contributed by atoms with Gasteiger partial charge in [0.05, 0.1) is 34.2 Å². The molecule has 40 heavy (non-hydrogen) atoms. The molecule has 3 aliphatic heterocycles. The van der Waals surface area contributed by atoms with Gasteiger partial charge in [0.2, 0.25) is 10.0 Å². The molecule has 2 fully saturated rings. The van der Waals surface area contributed by atoms with Crippen LogP contribution in [0.25, 0.3) is 6.08 Å². The van der Waals surface area contributed by atoms with Gasteiger partial charge in [-0.25, -0.2) is 12.8 Å². The summed E-state index contributed by atoms with van der Waals surface area (Å²) in [7, 11) is -3.58. The molecule has 0 bridgehead atoms. The van der Waals surface area contributed by atoms with Gasteiger partial charge in [-0.15, -0.1) is 0 Å². The van der Waals surface area contributed by atoms with E-state index in [0.29, 0.717) is 46.7 Å². The molecule has 10 nitrogen and oxygen atoms in total. The largest absolute Gasteiger partial charge is 0.369 e. The fraction of sp³-hybridized carbons (Fsp3) is 0.571. The van der Waals surface area contributed by atoms with Crippen LogP contribution in [-0.2, 0) is 22.1 Å². The molecule has 1 atom stereocenters. The molecule has 1 unspecified atom stereocenters. The average Bonchev–Trinajstić information content (AvgIpc) is 3.38. The lowest BCUT2D eigenvalue weighted by Crippen LogP contribution is -2.55. The van der Waals surface area contributed by atoms with Gasteiger partial charge >= 0.3 is 0 Å². The average molecular weight is 570 g/mol. The Balaban J connectivity index is 1.33. The number of aromatic nitrogens is 2. The van der Waals surface area contributed by atoms with Crippen molar-refractivity contribution in [1.82, 2.24) is 24.3 Å². The molecule has 1 aliphatic carbocycles. The van der Waals surface area contributed by atoms with Gasteiger partial charge in [-0.3, -0.25) is 9.58 Å². The summed E-state index contributed by atoms with van der Waals surface area (Å²) >= 11 is 0. The first kappa shape index (κ1) is 27.2. The molecule has 2 aromatic rings. The number of rotatable bonds is 5. The Morgan fingerprint density at radius 2 is 2.00 bits per heavy atom. The minimum absolute atomic E-state index is 0.274. The molecule has 6 rings (SSSR count). The van der Waals surface area contributed by atoms with E-state index in [1.54, 1.807) is 18.3 Å². The Labute approximate surface area is 234 Å². The van der Waals surface area contributed by atoms with Gasteiger partial charge in [0, 0.05) is 43.1 Å². The van der Waals surface area contributed by atoms with Gasteiger partial charge in [0.1, 0.15) is 6.17 Å². The third kappa shape index (κ3) is 4.40. The number of benzene rings is 1. The molecular formula is C28H36FN7O3S. The molecule has 4 aliphatic rings. The van der Waals surface area contributed by atoms with Crippen LogP contribution in [0.5, 0.6) is 0 Å². The van der Waals surface area contributed by atoms with Gasteiger partial charge in [0.15, 0.2) is 12.0 Å². The molecule has 1 saturated carbocycles. The first-order valence-electron chi connectivity index (χ1n) is 13.8. The number of halogens is 1. The Hall–Kier alpha value is -2.98. The third-order valence-electron chi connectivity index (χ3n) is 8.81. The third-order valence-corrected chi connectivity index (χ3v) is 11.0. The highest BCUT2D eigenvalue weighted by Crippen LogP contribution is 2.44. The summed E-state index contributed by atoms with van der Waals surface area (Å²) in [5, 5.41) is 32.0. The maximum Gasteiger partial charge on any atom is 0.244 e. The number of hydrogen-bond acceptors (Lipinski definition) is 8. The number of sulfonamides is 1. The topological polar surface area (TPSA) is 127 Å². The van der Waals surface area contributed by atoms with Crippen molar-refractivity contribution in [2.75, 3.05) is 18.4 Å². The number of fused-ring (bicyclic) bond motifs is 2. The normalized spacial score (nSPS) is 28.3. The fourth-order valence-corrected chi connectivity index (χ4v) is 8.59. The van der Waals surface area contributed by atoms with Crippen LogP contribution in [-0.4, -0.2) is 63.4 Å². The summed E-state index contributed by atoms with van der Waals surface area (Å²) < 4.78 is 43.1. The van der Waals surface area contributed by atoms with Crippen LogP contribution in [0.2, 0.25) is 0 Å². The van der Waals surface area contributed by atoms with Crippen molar-refractivity contribution < 1.29 is 17.9 Å². The van der Waals surface area contributed by atoms with E-state index in [4.69, 9.17) is 5.10 Å². The molecule has 0 spiro atoms. The van der Waals surface area contributed by atoms with E-state index in [0.717, 1.165) is 31.4 Å². The highest BCUT2D eigenvalue weighted by molar-refractivity contribution is 7.89. The number of nitrogens with zero attached hydrogens (tertiary/aromatic N) is 5. The van der Waals surface area contributed by atoms with E-state index in [1.165, 1.54) is 4.31 Å². The van der Waals surface area contributed by atoms with Gasteiger partial charge < -0.3 is 15.7 Å². The number of aliphatic hydroxyl groups is 1. The zero-order valence-corrected chi connectivity index (χ0v) is 23.9. The zero-order chi connectivity index (χ0) is 28.4. The van der Waals surface area contributed by atoms with Crippen LogP contribution in [0.15, 0.2) is 29.3 Å². The van der Waals surface area contributed by atoms with Crippen molar-refractivity contribution in [1.29, 1.82) is 5.26 Å². The minimum Gasteiger partial charge on any atom is -0.369 e. The minimum atomic E-state index is -3.58. The van der Waals surface area contributed by atoms with Gasteiger partial charge in [0.25, 0.3) is 0 Å². The Kier molecular flexibility index (Phi) is 6.49. The Morgan fingerprint density at radius 3 is 2.65 bits per heavy atom. The molecule has 1 saturated heterocycles. The van der Waals surface area contributed by atoms with E-state index >= 15 is 0 Å². The Morgan fingerprint density at radius 1 is 1.27 bits per heavy atom. The number of anilines is 2. The van der Waals surface area contributed by atoms with Crippen LogP contribution in [0, 0.1) is 11.3 Å². The number of alkyl halides is 1. The first-order chi connectivity index (χ1) is 18.9. The monoisotopic (exact) mass is 569 g/mol. The maximum atomic E-state index is 13.5. The quantitative estimate of drug-likeness (QED) is 0.498.